The van der Waals surface area contributed by atoms with Crippen LogP contribution in [0, 0.1) is 0 Å². The number of hydrogen-bond donors (Lipinski definition) is 1. The minimum atomic E-state index is -0.292. The molecule has 2 aromatic heterocycles. The van der Waals surface area contributed by atoms with Crippen molar-refractivity contribution in [1.82, 2.24) is 29.6 Å². The fraction of sp³-hybridized carbons (Fsp3) is 0.474. The molecule has 3 aromatic rings. The second-order valence-electron chi connectivity index (χ2n) is 6.32. The lowest BCUT2D eigenvalue weighted by Gasteiger charge is -2.19. The monoisotopic (exact) mass is 354 g/mol. The van der Waals surface area contributed by atoms with Crippen molar-refractivity contribution < 1.29 is 4.79 Å². The first-order valence-electron chi connectivity index (χ1n) is 9.29. The largest absolute Gasteiger partial charge is 0.347 e. The number of fused-ring (bicyclic) bond motifs is 1. The maximum absolute atomic E-state index is 12.9. The average molecular weight is 354 g/mol. The number of carbonyl (C=O) groups excluding carboxylic acids is 1. The molecule has 0 aliphatic rings. The fourth-order valence-corrected chi connectivity index (χ4v) is 3.30. The van der Waals surface area contributed by atoms with Gasteiger partial charge in [0.05, 0.1) is 17.6 Å². The summed E-state index contributed by atoms with van der Waals surface area (Å²) in [5.74, 6) is 1.69. The first-order valence-corrected chi connectivity index (χ1v) is 9.29. The molecule has 0 bridgehead atoms. The van der Waals surface area contributed by atoms with Gasteiger partial charge in [-0.25, -0.2) is 4.98 Å². The van der Waals surface area contributed by atoms with Crippen LogP contribution in [0.1, 0.15) is 51.3 Å². The number of imidazole rings is 1. The Morgan fingerprint density at radius 3 is 2.73 bits per heavy atom. The van der Waals surface area contributed by atoms with Gasteiger partial charge in [-0.1, -0.05) is 32.9 Å². The number of carbonyl (C=O) groups is 1. The van der Waals surface area contributed by atoms with Gasteiger partial charge >= 0.3 is 0 Å². The van der Waals surface area contributed by atoms with Crippen LogP contribution in [0.4, 0.5) is 0 Å². The summed E-state index contributed by atoms with van der Waals surface area (Å²) >= 11 is 0. The third kappa shape index (κ3) is 3.47. The summed E-state index contributed by atoms with van der Waals surface area (Å²) in [6.45, 7) is 7.42. The van der Waals surface area contributed by atoms with E-state index in [1.165, 1.54) is 0 Å². The van der Waals surface area contributed by atoms with E-state index in [-0.39, 0.29) is 11.9 Å². The molecule has 7 nitrogen and oxygen atoms in total. The van der Waals surface area contributed by atoms with Crippen LogP contribution in [0.15, 0.2) is 30.6 Å². The van der Waals surface area contributed by atoms with Crippen LogP contribution in [0.5, 0.6) is 0 Å². The number of amides is 1. The number of para-hydroxylation sites is 2. The number of benzene rings is 1. The lowest BCUT2D eigenvalue weighted by molar-refractivity contribution is -0.124. The van der Waals surface area contributed by atoms with E-state index in [1.807, 2.05) is 35.8 Å². The summed E-state index contributed by atoms with van der Waals surface area (Å²) in [6.07, 6.45) is 4.18. The van der Waals surface area contributed by atoms with Crippen LogP contribution in [0.25, 0.3) is 11.0 Å². The molecule has 2 heterocycles. The molecule has 0 spiro atoms. The summed E-state index contributed by atoms with van der Waals surface area (Å²) < 4.78 is 4.05. The van der Waals surface area contributed by atoms with Gasteiger partial charge in [0.25, 0.3) is 0 Å². The standard InChI is InChI=1S/C19H26N6O/c1-4-11-24-13-21-23-18(24)12-20-19(26)15(5-2)25-16-10-8-7-9-14(16)22-17(25)6-3/h7-10,13,15H,4-6,11-12H2,1-3H3,(H,20,26)/t15-/m0/s1. The van der Waals surface area contributed by atoms with Crippen molar-refractivity contribution in [3.63, 3.8) is 0 Å². The van der Waals surface area contributed by atoms with E-state index in [0.29, 0.717) is 13.0 Å². The lowest BCUT2D eigenvalue weighted by Crippen LogP contribution is -2.33. The Balaban J connectivity index is 1.82. The summed E-state index contributed by atoms with van der Waals surface area (Å²) in [6, 6.07) is 7.68. The summed E-state index contributed by atoms with van der Waals surface area (Å²) in [7, 11) is 0. The molecule has 138 valence electrons. The molecule has 26 heavy (non-hydrogen) atoms. The zero-order chi connectivity index (χ0) is 18.5. The van der Waals surface area contributed by atoms with Crippen molar-refractivity contribution in [2.24, 2.45) is 0 Å². The van der Waals surface area contributed by atoms with Gasteiger partial charge < -0.3 is 14.5 Å². The molecule has 1 aromatic carbocycles. The number of rotatable bonds is 8. The van der Waals surface area contributed by atoms with Crippen molar-refractivity contribution >= 4 is 16.9 Å². The van der Waals surface area contributed by atoms with E-state index in [9.17, 15) is 4.79 Å². The molecular formula is C19H26N6O. The average Bonchev–Trinajstić information content (AvgIpc) is 3.25. The fourth-order valence-electron chi connectivity index (χ4n) is 3.30. The van der Waals surface area contributed by atoms with E-state index in [1.54, 1.807) is 6.33 Å². The number of nitrogens with one attached hydrogen (secondary N) is 1. The van der Waals surface area contributed by atoms with Crippen molar-refractivity contribution in [2.75, 3.05) is 0 Å². The lowest BCUT2D eigenvalue weighted by atomic mass is 10.2. The predicted octanol–water partition coefficient (Wildman–Crippen LogP) is 2.87. The zero-order valence-electron chi connectivity index (χ0n) is 15.6. The number of aromatic nitrogens is 5. The van der Waals surface area contributed by atoms with Gasteiger partial charge in [0, 0.05) is 13.0 Å². The minimum Gasteiger partial charge on any atom is -0.347 e. The molecule has 0 saturated heterocycles. The molecule has 1 amide bonds. The number of hydrogen-bond acceptors (Lipinski definition) is 4. The molecule has 0 aliphatic carbocycles. The molecule has 7 heteroatoms. The second kappa shape index (κ2) is 8.12. The predicted molar refractivity (Wildman–Crippen MR) is 101 cm³/mol. The van der Waals surface area contributed by atoms with Crippen molar-refractivity contribution in [1.29, 1.82) is 0 Å². The van der Waals surface area contributed by atoms with E-state index < -0.39 is 0 Å². The molecule has 0 fully saturated rings. The first kappa shape index (κ1) is 18.1. The molecule has 0 radical (unpaired) electrons. The highest BCUT2D eigenvalue weighted by molar-refractivity contribution is 5.84. The maximum Gasteiger partial charge on any atom is 0.243 e. The van der Waals surface area contributed by atoms with Gasteiger partial charge in [-0.15, -0.1) is 10.2 Å². The van der Waals surface area contributed by atoms with Gasteiger partial charge in [0.1, 0.15) is 18.2 Å². The summed E-state index contributed by atoms with van der Waals surface area (Å²) in [5, 5.41) is 11.1. The Morgan fingerprint density at radius 1 is 1.19 bits per heavy atom. The van der Waals surface area contributed by atoms with E-state index >= 15 is 0 Å². The molecular weight excluding hydrogens is 328 g/mol. The van der Waals surface area contributed by atoms with Crippen LogP contribution in [-0.2, 0) is 24.3 Å². The van der Waals surface area contributed by atoms with E-state index in [4.69, 9.17) is 0 Å². The number of aryl methyl sites for hydroxylation is 2. The normalized spacial score (nSPS) is 12.4. The molecule has 0 saturated carbocycles. The van der Waals surface area contributed by atoms with E-state index in [2.05, 4.69) is 38.9 Å². The van der Waals surface area contributed by atoms with Crippen molar-refractivity contribution in [2.45, 2.75) is 59.2 Å². The minimum absolute atomic E-state index is 0.0172. The van der Waals surface area contributed by atoms with Gasteiger partial charge in [0.15, 0.2) is 5.82 Å². The topological polar surface area (TPSA) is 77.6 Å². The second-order valence-corrected chi connectivity index (χ2v) is 6.32. The SMILES string of the molecule is CCCn1cnnc1CNC(=O)[C@H](CC)n1c(CC)nc2ccccc21. The Morgan fingerprint density at radius 2 is 2.00 bits per heavy atom. The van der Waals surface area contributed by atoms with Crippen LogP contribution < -0.4 is 5.32 Å². The zero-order valence-corrected chi connectivity index (χ0v) is 15.6. The van der Waals surface area contributed by atoms with Gasteiger partial charge in [-0.3, -0.25) is 4.79 Å². The Kier molecular flexibility index (Phi) is 5.65. The van der Waals surface area contributed by atoms with E-state index in [0.717, 1.165) is 42.1 Å². The molecule has 0 unspecified atom stereocenters. The van der Waals surface area contributed by atoms with Gasteiger partial charge in [0.2, 0.25) is 5.91 Å². The third-order valence-corrected chi connectivity index (χ3v) is 4.57. The Hall–Kier alpha value is -2.70. The highest BCUT2D eigenvalue weighted by Crippen LogP contribution is 2.24. The summed E-state index contributed by atoms with van der Waals surface area (Å²) in [4.78, 5) is 17.6. The maximum atomic E-state index is 12.9. The molecule has 1 atom stereocenters. The van der Waals surface area contributed by atoms with Crippen molar-refractivity contribution in [3.8, 4) is 0 Å². The van der Waals surface area contributed by atoms with Gasteiger partial charge in [-0.05, 0) is 25.0 Å². The Bertz CT molecular complexity index is 881. The third-order valence-electron chi connectivity index (χ3n) is 4.57. The summed E-state index contributed by atoms with van der Waals surface area (Å²) in [5.41, 5.74) is 1.93. The van der Waals surface area contributed by atoms with Crippen LogP contribution in [0.2, 0.25) is 0 Å². The molecule has 1 N–H and O–H groups in total. The molecule has 0 aliphatic heterocycles. The van der Waals surface area contributed by atoms with Crippen LogP contribution >= 0.6 is 0 Å². The van der Waals surface area contributed by atoms with Crippen molar-refractivity contribution in [3.05, 3.63) is 42.2 Å². The van der Waals surface area contributed by atoms with Crippen LogP contribution in [0.3, 0.4) is 0 Å². The Labute approximate surface area is 153 Å². The smallest absolute Gasteiger partial charge is 0.243 e. The van der Waals surface area contributed by atoms with Crippen LogP contribution in [-0.4, -0.2) is 30.2 Å². The molecule has 3 rings (SSSR count). The highest BCUT2D eigenvalue weighted by Gasteiger charge is 2.23. The highest BCUT2D eigenvalue weighted by atomic mass is 16.2. The quantitative estimate of drug-likeness (QED) is 0.675. The number of nitrogens with zero attached hydrogens (tertiary/aromatic N) is 5. The van der Waals surface area contributed by atoms with Gasteiger partial charge in [-0.2, -0.15) is 0 Å². The first-order chi connectivity index (χ1) is 12.7.